The Labute approximate surface area is 190 Å². The Hall–Kier alpha value is -4.23. The molecule has 7 heteroatoms. The van der Waals surface area contributed by atoms with Crippen molar-refractivity contribution in [3.8, 4) is 5.75 Å². The minimum absolute atomic E-state index is 0.276. The van der Waals surface area contributed by atoms with E-state index in [1.165, 1.54) is 12.1 Å². The molecule has 0 fully saturated rings. The normalized spacial score (nSPS) is 11.3. The third kappa shape index (κ3) is 5.93. The molecule has 6 nitrogen and oxygen atoms in total. The van der Waals surface area contributed by atoms with Crippen LogP contribution in [0, 0.1) is 5.82 Å². The van der Waals surface area contributed by atoms with Gasteiger partial charge in [-0.05, 0) is 59.7 Å². The van der Waals surface area contributed by atoms with Gasteiger partial charge < -0.3 is 10.1 Å². The van der Waals surface area contributed by atoms with Gasteiger partial charge in [-0.2, -0.15) is 0 Å². The second kappa shape index (κ2) is 10.4. The lowest BCUT2D eigenvalue weighted by Crippen LogP contribution is -2.18. The lowest BCUT2D eigenvalue weighted by Gasteiger charge is -2.13. The van der Waals surface area contributed by atoms with Gasteiger partial charge in [-0.15, -0.1) is 0 Å². The maximum atomic E-state index is 13.2. The third-order valence-corrected chi connectivity index (χ3v) is 4.99. The van der Waals surface area contributed by atoms with Gasteiger partial charge in [0.2, 0.25) is 0 Å². The highest BCUT2D eigenvalue weighted by molar-refractivity contribution is 5.93. The standard InChI is InChI=1S/C26H22FN3O3/c27-22-9-11-24(12-10-22)33-17-19(13-18-5-7-20(8-6-18)26(31)30-32)15-28-23-14-21-3-1-2-4-25(21)29-16-23/h1-14,16,28,32H,15,17H2,(H,30,31)/b19-13+. The Balaban J connectivity index is 1.52. The van der Waals surface area contributed by atoms with Gasteiger partial charge >= 0.3 is 0 Å². The average Bonchev–Trinajstić information content (AvgIpc) is 2.86. The summed E-state index contributed by atoms with van der Waals surface area (Å²) >= 11 is 0. The topological polar surface area (TPSA) is 83.5 Å². The number of benzene rings is 3. The van der Waals surface area contributed by atoms with E-state index in [2.05, 4.69) is 10.3 Å². The molecule has 4 rings (SSSR count). The number of halogens is 1. The van der Waals surface area contributed by atoms with Crippen molar-refractivity contribution in [2.24, 2.45) is 0 Å². The van der Waals surface area contributed by atoms with E-state index in [1.807, 2.05) is 36.4 Å². The van der Waals surface area contributed by atoms with E-state index in [4.69, 9.17) is 9.94 Å². The van der Waals surface area contributed by atoms with Gasteiger partial charge in [0, 0.05) is 17.5 Å². The number of hydrogen-bond donors (Lipinski definition) is 3. The first-order valence-electron chi connectivity index (χ1n) is 10.3. The molecular weight excluding hydrogens is 421 g/mol. The summed E-state index contributed by atoms with van der Waals surface area (Å²) in [5.41, 5.74) is 5.54. The van der Waals surface area contributed by atoms with Crippen molar-refractivity contribution in [3.63, 3.8) is 0 Å². The first-order valence-corrected chi connectivity index (χ1v) is 10.3. The van der Waals surface area contributed by atoms with E-state index in [0.717, 1.165) is 27.7 Å². The molecule has 0 aliphatic carbocycles. The molecule has 0 unspecified atom stereocenters. The minimum atomic E-state index is -0.573. The number of ether oxygens (including phenoxy) is 1. The van der Waals surface area contributed by atoms with Crippen molar-refractivity contribution < 1.29 is 19.1 Å². The molecule has 3 N–H and O–H groups in total. The van der Waals surface area contributed by atoms with Gasteiger partial charge in [0.25, 0.3) is 5.91 Å². The zero-order valence-corrected chi connectivity index (χ0v) is 17.7. The Kier molecular flexibility index (Phi) is 6.92. The van der Waals surface area contributed by atoms with Gasteiger partial charge in [-0.1, -0.05) is 36.4 Å². The van der Waals surface area contributed by atoms with Crippen LogP contribution in [-0.2, 0) is 0 Å². The fourth-order valence-electron chi connectivity index (χ4n) is 3.26. The van der Waals surface area contributed by atoms with E-state index in [9.17, 15) is 9.18 Å². The molecule has 0 bridgehead atoms. The highest BCUT2D eigenvalue weighted by Gasteiger charge is 2.06. The van der Waals surface area contributed by atoms with Crippen LogP contribution in [0.3, 0.4) is 0 Å². The van der Waals surface area contributed by atoms with E-state index >= 15 is 0 Å². The van der Waals surface area contributed by atoms with Crippen molar-refractivity contribution in [3.05, 3.63) is 108 Å². The summed E-state index contributed by atoms with van der Waals surface area (Å²) < 4.78 is 19.0. The summed E-state index contributed by atoms with van der Waals surface area (Å²) in [5, 5.41) is 13.2. The molecule has 0 spiro atoms. The fraction of sp³-hybridized carbons (Fsp3) is 0.0769. The van der Waals surface area contributed by atoms with Gasteiger partial charge in [-0.25, -0.2) is 9.87 Å². The molecule has 0 radical (unpaired) electrons. The number of pyridine rings is 1. The zero-order valence-electron chi connectivity index (χ0n) is 17.7. The quantitative estimate of drug-likeness (QED) is 0.262. The van der Waals surface area contributed by atoms with Crippen LogP contribution in [0.4, 0.5) is 10.1 Å². The van der Waals surface area contributed by atoms with E-state index in [0.29, 0.717) is 17.9 Å². The smallest absolute Gasteiger partial charge is 0.274 e. The summed E-state index contributed by atoms with van der Waals surface area (Å²) in [7, 11) is 0. The highest BCUT2D eigenvalue weighted by atomic mass is 19.1. The average molecular weight is 443 g/mol. The lowest BCUT2D eigenvalue weighted by atomic mass is 10.1. The van der Waals surface area contributed by atoms with Gasteiger partial charge in [0.1, 0.15) is 18.2 Å². The Morgan fingerprint density at radius 2 is 1.79 bits per heavy atom. The zero-order chi connectivity index (χ0) is 23.0. The molecule has 0 saturated carbocycles. The number of nitrogens with zero attached hydrogens (tertiary/aromatic N) is 1. The Morgan fingerprint density at radius 3 is 2.55 bits per heavy atom. The molecule has 0 saturated heterocycles. The van der Waals surface area contributed by atoms with Crippen molar-refractivity contribution in [1.82, 2.24) is 10.5 Å². The first kappa shape index (κ1) is 22.0. The van der Waals surface area contributed by atoms with Crippen LogP contribution in [0.2, 0.25) is 0 Å². The number of carbonyl (C=O) groups excluding carboxylic acids is 1. The molecule has 0 aliphatic rings. The molecular formula is C26H22FN3O3. The Bertz CT molecular complexity index is 1270. The number of anilines is 1. The van der Waals surface area contributed by atoms with Crippen molar-refractivity contribution >= 4 is 28.6 Å². The van der Waals surface area contributed by atoms with Crippen LogP contribution in [0.25, 0.3) is 17.0 Å². The number of nitrogens with one attached hydrogen (secondary N) is 2. The van der Waals surface area contributed by atoms with E-state index in [1.54, 1.807) is 48.1 Å². The number of rotatable bonds is 8. The van der Waals surface area contributed by atoms with Crippen molar-refractivity contribution in [1.29, 1.82) is 0 Å². The number of carbonyl (C=O) groups is 1. The van der Waals surface area contributed by atoms with Gasteiger partial charge in [0.15, 0.2) is 0 Å². The maximum Gasteiger partial charge on any atom is 0.274 e. The molecule has 166 valence electrons. The van der Waals surface area contributed by atoms with Crippen LogP contribution < -0.4 is 15.5 Å². The molecule has 1 amide bonds. The molecule has 0 aliphatic heterocycles. The van der Waals surface area contributed by atoms with E-state index in [-0.39, 0.29) is 12.4 Å². The van der Waals surface area contributed by atoms with Crippen LogP contribution >= 0.6 is 0 Å². The second-order valence-corrected chi connectivity index (χ2v) is 7.38. The molecule has 1 heterocycles. The Morgan fingerprint density at radius 1 is 1.03 bits per heavy atom. The SMILES string of the molecule is O=C(NO)c1ccc(/C=C(\CNc2cnc3ccccc3c2)COc2ccc(F)cc2)cc1. The summed E-state index contributed by atoms with van der Waals surface area (Å²) in [4.78, 5) is 16.0. The minimum Gasteiger partial charge on any atom is -0.489 e. The predicted octanol–water partition coefficient (Wildman–Crippen LogP) is 5.07. The second-order valence-electron chi connectivity index (χ2n) is 7.38. The molecule has 33 heavy (non-hydrogen) atoms. The summed E-state index contributed by atoms with van der Waals surface area (Å²) in [5.74, 6) is -0.337. The largest absolute Gasteiger partial charge is 0.489 e. The summed E-state index contributed by atoms with van der Waals surface area (Å²) in [6.45, 7) is 0.763. The summed E-state index contributed by atoms with van der Waals surface area (Å²) in [6, 6.07) is 22.6. The number of aromatic nitrogens is 1. The lowest BCUT2D eigenvalue weighted by molar-refractivity contribution is 0.0706. The number of fused-ring (bicyclic) bond motifs is 1. The highest BCUT2D eigenvalue weighted by Crippen LogP contribution is 2.18. The maximum absolute atomic E-state index is 13.2. The monoisotopic (exact) mass is 443 g/mol. The number of hydroxylamine groups is 1. The van der Waals surface area contributed by atoms with E-state index < -0.39 is 5.91 Å². The van der Waals surface area contributed by atoms with Gasteiger partial charge in [-0.3, -0.25) is 15.0 Å². The van der Waals surface area contributed by atoms with Crippen LogP contribution in [-0.4, -0.2) is 29.3 Å². The molecule has 4 aromatic rings. The molecule has 3 aromatic carbocycles. The number of amides is 1. The first-order chi connectivity index (χ1) is 16.1. The van der Waals surface area contributed by atoms with Crippen LogP contribution in [0.15, 0.2) is 90.6 Å². The van der Waals surface area contributed by atoms with Crippen LogP contribution in [0.5, 0.6) is 5.75 Å². The van der Waals surface area contributed by atoms with Crippen LogP contribution in [0.1, 0.15) is 15.9 Å². The molecule has 1 aromatic heterocycles. The fourth-order valence-corrected chi connectivity index (χ4v) is 3.26. The third-order valence-electron chi connectivity index (χ3n) is 4.99. The number of para-hydroxylation sites is 1. The number of hydrogen-bond acceptors (Lipinski definition) is 5. The van der Waals surface area contributed by atoms with Crippen molar-refractivity contribution in [2.75, 3.05) is 18.5 Å². The van der Waals surface area contributed by atoms with Gasteiger partial charge in [0.05, 0.1) is 17.4 Å². The van der Waals surface area contributed by atoms with Crippen molar-refractivity contribution in [2.45, 2.75) is 0 Å². The molecule has 0 atom stereocenters. The predicted molar refractivity (Wildman–Crippen MR) is 126 cm³/mol. The summed E-state index contributed by atoms with van der Waals surface area (Å²) in [6.07, 6.45) is 3.73.